The van der Waals surface area contributed by atoms with E-state index in [1.165, 1.54) is 24.3 Å². The van der Waals surface area contributed by atoms with Gasteiger partial charge in [0.2, 0.25) is 0 Å². The fourth-order valence-electron chi connectivity index (χ4n) is 2.34. The van der Waals surface area contributed by atoms with Crippen molar-refractivity contribution < 1.29 is 24.0 Å². The zero-order valence-electron chi connectivity index (χ0n) is 16.0. The number of nitrogens with zero attached hydrogens (tertiary/aromatic N) is 1. The summed E-state index contributed by atoms with van der Waals surface area (Å²) < 4.78 is 10.7. The minimum Gasteiger partial charge on any atom is -0.490 e. The highest BCUT2D eigenvalue weighted by molar-refractivity contribution is 7.80. The largest absolute Gasteiger partial charge is 0.490 e. The summed E-state index contributed by atoms with van der Waals surface area (Å²) in [4.78, 5) is 35.0. The number of nitro groups is 1. The van der Waals surface area contributed by atoms with E-state index in [0.717, 1.165) is 0 Å². The Kier molecular flexibility index (Phi) is 8.66. The number of para-hydroxylation sites is 2. The summed E-state index contributed by atoms with van der Waals surface area (Å²) >= 11 is 5.00. The van der Waals surface area contributed by atoms with Gasteiger partial charge >= 0.3 is 0 Å². The topological polar surface area (TPSA) is 132 Å². The summed E-state index contributed by atoms with van der Waals surface area (Å²) in [5.41, 5.74) is 4.29. The highest BCUT2D eigenvalue weighted by Gasteiger charge is 2.19. The minimum atomic E-state index is -0.779. The third kappa shape index (κ3) is 6.50. The maximum absolute atomic E-state index is 12.5. The standard InChI is InChI=1S/C19H20N4O6S/c1-2-28-11-12-29-16-10-6-4-8-14(16)17(24)20-19(30)22-21-18(25)13-7-3-5-9-15(13)23(26)27/h3-10H,2,11-12H2,1H3,(H,21,25)(H2,20,22,24,30). The Morgan fingerprint density at radius 3 is 2.37 bits per heavy atom. The van der Waals surface area contributed by atoms with Gasteiger partial charge in [0.1, 0.15) is 17.9 Å². The molecule has 3 N–H and O–H groups in total. The van der Waals surface area contributed by atoms with Gasteiger partial charge in [0.25, 0.3) is 17.5 Å². The molecule has 0 aliphatic heterocycles. The first-order valence-corrected chi connectivity index (χ1v) is 9.29. The number of hydrazine groups is 1. The van der Waals surface area contributed by atoms with Crippen LogP contribution >= 0.6 is 12.2 Å². The van der Waals surface area contributed by atoms with E-state index in [4.69, 9.17) is 21.7 Å². The summed E-state index contributed by atoms with van der Waals surface area (Å²) in [5.74, 6) is -0.987. The number of thiocarbonyl (C=S) groups is 1. The SMILES string of the molecule is CCOCCOc1ccccc1C(=O)NC(=S)NNC(=O)c1ccccc1[N+](=O)[O-]. The normalized spacial score (nSPS) is 10.0. The number of carbonyl (C=O) groups is 2. The number of amides is 2. The number of nitro benzene ring substituents is 1. The maximum Gasteiger partial charge on any atom is 0.282 e. The highest BCUT2D eigenvalue weighted by atomic mass is 32.1. The Balaban J connectivity index is 1.93. The van der Waals surface area contributed by atoms with Crippen molar-refractivity contribution in [1.82, 2.24) is 16.2 Å². The molecule has 30 heavy (non-hydrogen) atoms. The first-order valence-electron chi connectivity index (χ1n) is 8.88. The van der Waals surface area contributed by atoms with Crippen molar-refractivity contribution >= 4 is 34.8 Å². The second-order valence-electron chi connectivity index (χ2n) is 5.68. The van der Waals surface area contributed by atoms with Crippen LogP contribution in [0.15, 0.2) is 48.5 Å². The Hall–Kier alpha value is -3.57. The minimum absolute atomic E-state index is 0.155. The van der Waals surface area contributed by atoms with Gasteiger partial charge in [0, 0.05) is 12.7 Å². The molecular formula is C19H20N4O6S. The molecule has 0 unspecified atom stereocenters. The van der Waals surface area contributed by atoms with Gasteiger partial charge in [-0.05, 0) is 37.3 Å². The lowest BCUT2D eigenvalue weighted by atomic mass is 10.2. The second-order valence-corrected chi connectivity index (χ2v) is 6.09. The molecule has 158 valence electrons. The average molecular weight is 432 g/mol. The Morgan fingerprint density at radius 2 is 1.67 bits per heavy atom. The van der Waals surface area contributed by atoms with Gasteiger partial charge in [0.15, 0.2) is 5.11 Å². The molecule has 11 heteroatoms. The van der Waals surface area contributed by atoms with E-state index >= 15 is 0 Å². The van der Waals surface area contributed by atoms with Crippen LogP contribution in [-0.2, 0) is 4.74 Å². The molecule has 0 aliphatic carbocycles. The molecule has 0 saturated heterocycles. The molecular weight excluding hydrogens is 412 g/mol. The summed E-state index contributed by atoms with van der Waals surface area (Å²) in [6.07, 6.45) is 0. The molecule has 0 heterocycles. The van der Waals surface area contributed by atoms with Gasteiger partial charge in [-0.25, -0.2) is 0 Å². The summed E-state index contributed by atoms with van der Waals surface area (Å²) in [7, 11) is 0. The molecule has 10 nitrogen and oxygen atoms in total. The van der Waals surface area contributed by atoms with Crippen LogP contribution in [-0.4, -0.2) is 41.7 Å². The van der Waals surface area contributed by atoms with Crippen LogP contribution in [0, 0.1) is 10.1 Å². The predicted molar refractivity (Wildman–Crippen MR) is 112 cm³/mol. The van der Waals surface area contributed by atoms with Crippen LogP contribution in [0.4, 0.5) is 5.69 Å². The molecule has 0 radical (unpaired) electrons. The van der Waals surface area contributed by atoms with Crippen LogP contribution in [0.5, 0.6) is 5.75 Å². The van der Waals surface area contributed by atoms with E-state index in [9.17, 15) is 19.7 Å². The molecule has 2 aromatic rings. The lowest BCUT2D eigenvalue weighted by Gasteiger charge is -2.13. The van der Waals surface area contributed by atoms with Crippen molar-refractivity contribution in [3.05, 3.63) is 69.8 Å². The first kappa shape index (κ1) is 22.7. The summed E-state index contributed by atoms with van der Waals surface area (Å²) in [5, 5.41) is 13.2. The predicted octanol–water partition coefficient (Wildman–Crippen LogP) is 1.96. The highest BCUT2D eigenvalue weighted by Crippen LogP contribution is 2.18. The van der Waals surface area contributed by atoms with E-state index in [1.807, 2.05) is 6.92 Å². The zero-order valence-corrected chi connectivity index (χ0v) is 16.9. The molecule has 0 atom stereocenters. The van der Waals surface area contributed by atoms with Crippen molar-refractivity contribution in [2.45, 2.75) is 6.92 Å². The van der Waals surface area contributed by atoms with Crippen LogP contribution in [0.1, 0.15) is 27.6 Å². The molecule has 2 rings (SSSR count). The van der Waals surface area contributed by atoms with Crippen molar-refractivity contribution in [3.63, 3.8) is 0 Å². The number of benzene rings is 2. The third-order valence-corrected chi connectivity index (χ3v) is 3.89. The van der Waals surface area contributed by atoms with Crippen molar-refractivity contribution in [3.8, 4) is 5.75 Å². The quantitative estimate of drug-likeness (QED) is 0.250. The summed E-state index contributed by atoms with van der Waals surface area (Å²) in [6.45, 7) is 3.07. The Bertz CT molecular complexity index is 937. The number of nitrogens with one attached hydrogen (secondary N) is 3. The van der Waals surface area contributed by atoms with Crippen LogP contribution < -0.4 is 20.9 Å². The lowest BCUT2D eigenvalue weighted by Crippen LogP contribution is -2.48. The lowest BCUT2D eigenvalue weighted by molar-refractivity contribution is -0.385. The first-order chi connectivity index (χ1) is 14.4. The van der Waals surface area contributed by atoms with Gasteiger partial charge in [-0.1, -0.05) is 24.3 Å². The van der Waals surface area contributed by atoms with Crippen molar-refractivity contribution in [2.24, 2.45) is 0 Å². The van der Waals surface area contributed by atoms with Crippen molar-refractivity contribution in [2.75, 3.05) is 19.8 Å². The smallest absolute Gasteiger partial charge is 0.282 e. The Labute approximate surface area is 177 Å². The molecule has 2 amide bonds. The maximum atomic E-state index is 12.5. The molecule has 0 aliphatic rings. The van der Waals surface area contributed by atoms with E-state index in [2.05, 4.69) is 16.2 Å². The van der Waals surface area contributed by atoms with Gasteiger partial charge in [0.05, 0.1) is 17.1 Å². The van der Waals surface area contributed by atoms with Gasteiger partial charge in [-0.2, -0.15) is 0 Å². The van der Waals surface area contributed by atoms with Gasteiger partial charge < -0.3 is 9.47 Å². The molecule has 0 fully saturated rings. The summed E-state index contributed by atoms with van der Waals surface area (Å²) in [6, 6.07) is 12.0. The number of hydrogen-bond donors (Lipinski definition) is 3. The number of rotatable bonds is 8. The number of hydrogen-bond acceptors (Lipinski definition) is 7. The molecule has 0 bridgehead atoms. The second kappa shape index (κ2) is 11.4. The molecule has 0 saturated carbocycles. The number of ether oxygens (including phenoxy) is 2. The van der Waals surface area contributed by atoms with Gasteiger partial charge in [-0.15, -0.1) is 0 Å². The van der Waals surface area contributed by atoms with Crippen LogP contribution in [0.2, 0.25) is 0 Å². The van der Waals surface area contributed by atoms with Crippen molar-refractivity contribution in [1.29, 1.82) is 0 Å². The monoisotopic (exact) mass is 432 g/mol. The Morgan fingerprint density at radius 1 is 1.00 bits per heavy atom. The van der Waals surface area contributed by atoms with Crippen LogP contribution in [0.25, 0.3) is 0 Å². The van der Waals surface area contributed by atoms with E-state index in [0.29, 0.717) is 19.0 Å². The van der Waals surface area contributed by atoms with Gasteiger partial charge in [-0.3, -0.25) is 35.9 Å². The van der Waals surface area contributed by atoms with E-state index < -0.39 is 16.7 Å². The molecule has 2 aromatic carbocycles. The zero-order chi connectivity index (χ0) is 21.9. The fourth-order valence-corrected chi connectivity index (χ4v) is 2.49. The molecule has 0 aromatic heterocycles. The third-order valence-electron chi connectivity index (χ3n) is 3.68. The van der Waals surface area contributed by atoms with Crippen LogP contribution in [0.3, 0.4) is 0 Å². The fraction of sp³-hybridized carbons (Fsp3) is 0.211. The van der Waals surface area contributed by atoms with E-state index in [-0.39, 0.29) is 28.5 Å². The number of carbonyl (C=O) groups excluding carboxylic acids is 2. The molecule has 0 spiro atoms. The average Bonchev–Trinajstić information content (AvgIpc) is 2.75. The van der Waals surface area contributed by atoms with E-state index in [1.54, 1.807) is 24.3 Å².